The van der Waals surface area contributed by atoms with Gasteiger partial charge in [-0.2, -0.15) is 0 Å². The van der Waals surface area contributed by atoms with Crippen LogP contribution in [0.25, 0.3) is 11.0 Å². The highest BCUT2D eigenvalue weighted by atomic mass is 35.5. The molecule has 168 valence electrons. The third-order valence-corrected chi connectivity index (χ3v) is 6.49. The smallest absolute Gasteiger partial charge is 0.336 e. The second-order valence-corrected chi connectivity index (χ2v) is 8.62. The Bertz CT molecular complexity index is 1410. The van der Waals surface area contributed by atoms with Gasteiger partial charge in [0.15, 0.2) is 11.2 Å². The maximum Gasteiger partial charge on any atom is 0.336 e. The van der Waals surface area contributed by atoms with Crippen LogP contribution in [-0.2, 0) is 14.3 Å². The number of ether oxygens (including phenoxy) is 1. The third kappa shape index (κ3) is 3.49. The van der Waals surface area contributed by atoms with Crippen molar-refractivity contribution in [2.45, 2.75) is 31.6 Å². The lowest BCUT2D eigenvalue weighted by atomic mass is 9.72. The van der Waals surface area contributed by atoms with Crippen molar-refractivity contribution in [3.8, 4) is 0 Å². The molecule has 1 aromatic carbocycles. The minimum absolute atomic E-state index is 0.140. The van der Waals surface area contributed by atoms with Gasteiger partial charge in [0.25, 0.3) is 0 Å². The van der Waals surface area contributed by atoms with E-state index in [4.69, 9.17) is 25.2 Å². The molecule has 0 saturated carbocycles. The Hall–Kier alpha value is -3.58. The predicted molar refractivity (Wildman–Crippen MR) is 121 cm³/mol. The molecule has 2 aromatic heterocycles. The first kappa shape index (κ1) is 21.3. The van der Waals surface area contributed by atoms with Crippen molar-refractivity contribution >= 4 is 34.3 Å². The van der Waals surface area contributed by atoms with E-state index in [2.05, 4.69) is 5.32 Å². The zero-order chi connectivity index (χ0) is 23.3. The van der Waals surface area contributed by atoms with Crippen LogP contribution in [0.1, 0.15) is 42.9 Å². The molecule has 0 amide bonds. The number of carbonyl (C=O) groups is 2. The van der Waals surface area contributed by atoms with Gasteiger partial charge >= 0.3 is 5.97 Å². The zero-order valence-corrected chi connectivity index (χ0v) is 18.7. The van der Waals surface area contributed by atoms with Crippen LogP contribution in [0, 0.1) is 0 Å². The molecule has 8 heteroatoms. The summed E-state index contributed by atoms with van der Waals surface area (Å²) in [6, 6.07) is 8.38. The maximum absolute atomic E-state index is 13.5. The number of esters is 1. The van der Waals surface area contributed by atoms with Gasteiger partial charge in [0.2, 0.25) is 0 Å². The Morgan fingerprint density at radius 1 is 1.18 bits per heavy atom. The maximum atomic E-state index is 13.5. The summed E-state index contributed by atoms with van der Waals surface area (Å²) in [6.45, 7) is 1.73. The number of dihydropyridines is 1. The molecule has 3 aromatic rings. The summed E-state index contributed by atoms with van der Waals surface area (Å²) in [6.07, 6.45) is 3.60. The number of furan rings is 1. The van der Waals surface area contributed by atoms with Crippen molar-refractivity contribution in [2.24, 2.45) is 0 Å². The normalized spacial score (nSPS) is 20.6. The largest absolute Gasteiger partial charge is 0.469 e. The van der Waals surface area contributed by atoms with E-state index in [1.165, 1.54) is 19.4 Å². The number of hydrogen-bond donors (Lipinski definition) is 1. The van der Waals surface area contributed by atoms with Gasteiger partial charge in [0.1, 0.15) is 11.3 Å². The fraction of sp³-hybridized carbons (Fsp3) is 0.240. The summed E-state index contributed by atoms with van der Waals surface area (Å²) in [5, 5.41) is 3.87. The second kappa shape index (κ2) is 8.08. The van der Waals surface area contributed by atoms with E-state index in [1.54, 1.807) is 31.4 Å². The second-order valence-electron chi connectivity index (χ2n) is 8.18. The predicted octanol–water partition coefficient (Wildman–Crippen LogP) is 4.57. The number of methoxy groups -OCH3 is 1. The van der Waals surface area contributed by atoms with Gasteiger partial charge in [-0.15, -0.1) is 0 Å². The molecule has 2 aliphatic rings. The van der Waals surface area contributed by atoms with Crippen LogP contribution in [0.4, 0.5) is 0 Å². The molecule has 2 unspecified atom stereocenters. The number of Topliss-reactive ketones (excluding diaryl/α,β-unsaturated/α-hetero) is 1. The van der Waals surface area contributed by atoms with Gasteiger partial charge in [-0.1, -0.05) is 11.6 Å². The lowest BCUT2D eigenvalue weighted by Gasteiger charge is -2.35. The van der Waals surface area contributed by atoms with Crippen molar-refractivity contribution in [1.82, 2.24) is 5.32 Å². The van der Waals surface area contributed by atoms with Crippen molar-refractivity contribution in [2.75, 3.05) is 7.11 Å². The van der Waals surface area contributed by atoms with Gasteiger partial charge in [-0.25, -0.2) is 4.79 Å². The highest BCUT2D eigenvalue weighted by molar-refractivity contribution is 6.31. The molecule has 0 spiro atoms. The first-order valence-corrected chi connectivity index (χ1v) is 10.8. The van der Waals surface area contributed by atoms with Crippen molar-refractivity contribution in [3.05, 3.63) is 92.0 Å². The topological polar surface area (TPSA) is 98.8 Å². The van der Waals surface area contributed by atoms with E-state index in [1.807, 2.05) is 6.07 Å². The summed E-state index contributed by atoms with van der Waals surface area (Å²) in [4.78, 5) is 39.8. The quantitative estimate of drug-likeness (QED) is 0.565. The first-order valence-electron chi connectivity index (χ1n) is 10.5. The average Bonchev–Trinajstić information content (AvgIpc) is 3.33. The molecule has 0 fully saturated rings. The highest BCUT2D eigenvalue weighted by Crippen LogP contribution is 2.45. The van der Waals surface area contributed by atoms with Crippen LogP contribution in [0.2, 0.25) is 5.02 Å². The average molecular weight is 466 g/mol. The number of ketones is 1. The third-order valence-electron chi connectivity index (χ3n) is 6.25. The number of carbonyl (C=O) groups excluding carboxylic acids is 2. The molecule has 7 nitrogen and oxygen atoms in total. The summed E-state index contributed by atoms with van der Waals surface area (Å²) in [5.41, 5.74) is 1.95. The summed E-state index contributed by atoms with van der Waals surface area (Å²) >= 11 is 6.11. The molecule has 1 aliphatic heterocycles. The Kier molecular flexibility index (Phi) is 5.21. The molecular weight excluding hydrogens is 446 g/mol. The lowest BCUT2D eigenvalue weighted by molar-refractivity contribution is -0.136. The van der Waals surface area contributed by atoms with E-state index in [0.29, 0.717) is 39.8 Å². The van der Waals surface area contributed by atoms with Gasteiger partial charge in [-0.05, 0) is 43.7 Å². The molecule has 1 aliphatic carbocycles. The molecule has 0 saturated heterocycles. The van der Waals surface area contributed by atoms with Crippen LogP contribution in [0.15, 0.2) is 79.0 Å². The van der Waals surface area contributed by atoms with Gasteiger partial charge in [-0.3, -0.25) is 9.59 Å². The first-order chi connectivity index (χ1) is 15.9. The lowest BCUT2D eigenvalue weighted by Crippen LogP contribution is -2.37. The van der Waals surface area contributed by atoms with Crippen molar-refractivity contribution < 1.29 is 23.2 Å². The molecular formula is C25H20ClNO6. The number of nitrogens with one attached hydrogen (secondary N) is 1. The Balaban J connectivity index is 1.71. The fourth-order valence-electron chi connectivity index (χ4n) is 4.77. The standard InChI is InChI=1S/C25H20ClNO6/c1-12-21(25(30)31-2)22(16-11-33-20-6-5-14(26)10-15(20)24(16)29)23-17(27-12)8-13(9-18(23)28)19-4-3-7-32-19/h3-7,10-11,13,22,27H,8-9H2,1-2H3. The van der Waals surface area contributed by atoms with E-state index in [0.717, 1.165) is 0 Å². The zero-order valence-electron chi connectivity index (χ0n) is 17.9. The van der Waals surface area contributed by atoms with Gasteiger partial charge in [0, 0.05) is 39.9 Å². The molecule has 0 radical (unpaired) electrons. The minimum Gasteiger partial charge on any atom is -0.469 e. The molecule has 3 heterocycles. The number of benzene rings is 1. The van der Waals surface area contributed by atoms with Crippen LogP contribution in [-0.4, -0.2) is 18.9 Å². The number of halogens is 1. The Morgan fingerprint density at radius 3 is 2.73 bits per heavy atom. The highest BCUT2D eigenvalue weighted by Gasteiger charge is 2.43. The number of hydrogen-bond acceptors (Lipinski definition) is 7. The Morgan fingerprint density at radius 2 is 2.00 bits per heavy atom. The van der Waals surface area contributed by atoms with E-state index < -0.39 is 11.9 Å². The van der Waals surface area contributed by atoms with E-state index in [9.17, 15) is 14.4 Å². The van der Waals surface area contributed by atoms with Crippen LogP contribution in [0.5, 0.6) is 0 Å². The summed E-state index contributed by atoms with van der Waals surface area (Å²) in [7, 11) is 1.27. The monoisotopic (exact) mass is 465 g/mol. The van der Waals surface area contributed by atoms with Crippen molar-refractivity contribution in [1.29, 1.82) is 0 Å². The molecule has 1 N–H and O–H groups in total. The van der Waals surface area contributed by atoms with Gasteiger partial charge in [0.05, 0.1) is 36.5 Å². The van der Waals surface area contributed by atoms with Crippen LogP contribution < -0.4 is 10.7 Å². The van der Waals surface area contributed by atoms with Crippen molar-refractivity contribution in [3.63, 3.8) is 0 Å². The Labute approximate surface area is 193 Å². The van der Waals surface area contributed by atoms with Gasteiger partial charge < -0.3 is 18.9 Å². The molecule has 2 atom stereocenters. The summed E-state index contributed by atoms with van der Waals surface area (Å²) < 4.78 is 16.3. The van der Waals surface area contributed by atoms with E-state index in [-0.39, 0.29) is 40.1 Å². The molecule has 33 heavy (non-hydrogen) atoms. The fourth-order valence-corrected chi connectivity index (χ4v) is 4.94. The SMILES string of the molecule is COC(=O)C1=C(C)NC2=C(C(=O)CC(c3ccco3)C2)C1c1coc2ccc(Cl)cc2c1=O. The number of rotatable bonds is 3. The minimum atomic E-state index is -0.918. The van der Waals surface area contributed by atoms with Crippen LogP contribution >= 0.6 is 11.6 Å². The van der Waals surface area contributed by atoms with E-state index >= 15 is 0 Å². The number of allylic oxidation sites excluding steroid dienone is 3. The summed E-state index contributed by atoms with van der Waals surface area (Å²) in [5.74, 6) is -1.14. The molecule has 5 rings (SSSR count). The van der Waals surface area contributed by atoms with Crippen LogP contribution in [0.3, 0.4) is 0 Å². The molecule has 0 bridgehead atoms. The number of fused-ring (bicyclic) bond motifs is 1.